The zero-order chi connectivity index (χ0) is 13.4. The highest BCUT2D eigenvalue weighted by atomic mass is 16.3. The molecule has 0 saturated heterocycles. The summed E-state index contributed by atoms with van der Waals surface area (Å²) in [6.07, 6.45) is 6.24. The Morgan fingerprint density at radius 3 is 2.06 bits per heavy atom. The van der Waals surface area contributed by atoms with Gasteiger partial charge in [-0.25, -0.2) is 0 Å². The van der Waals surface area contributed by atoms with Gasteiger partial charge in [0.1, 0.15) is 0 Å². The number of aliphatic hydroxyl groups is 1. The van der Waals surface area contributed by atoms with Crippen molar-refractivity contribution in [2.24, 2.45) is 23.7 Å². The standard InChI is InChI=1S/C14H28O.C2H6/c1-10(2)5-6-12-7-8-13(11(3)4)14(15)9-12;1-2/h10-15H,5-9H2,1-4H3;1-2H3. The van der Waals surface area contributed by atoms with Crippen LogP contribution in [0.1, 0.15) is 73.6 Å². The Morgan fingerprint density at radius 1 is 1.06 bits per heavy atom. The highest BCUT2D eigenvalue weighted by Crippen LogP contribution is 2.36. The molecule has 1 nitrogen and oxygen atoms in total. The maximum Gasteiger partial charge on any atom is 0.0573 e. The summed E-state index contributed by atoms with van der Waals surface area (Å²) in [5.74, 6) is 2.80. The predicted octanol–water partition coefficient (Wildman–Crippen LogP) is 4.88. The third kappa shape index (κ3) is 6.45. The molecule has 1 saturated carbocycles. The summed E-state index contributed by atoms with van der Waals surface area (Å²) >= 11 is 0. The monoisotopic (exact) mass is 242 g/mol. The molecule has 0 aliphatic heterocycles. The van der Waals surface area contributed by atoms with Crippen LogP contribution >= 0.6 is 0 Å². The Balaban J connectivity index is 0.00000121. The van der Waals surface area contributed by atoms with Gasteiger partial charge in [0.15, 0.2) is 0 Å². The minimum atomic E-state index is -0.0316. The Labute approximate surface area is 109 Å². The van der Waals surface area contributed by atoms with Crippen molar-refractivity contribution in [1.29, 1.82) is 0 Å². The van der Waals surface area contributed by atoms with E-state index in [1.165, 1.54) is 25.7 Å². The molecule has 3 atom stereocenters. The topological polar surface area (TPSA) is 20.2 Å². The van der Waals surface area contributed by atoms with E-state index in [1.807, 2.05) is 13.8 Å². The van der Waals surface area contributed by atoms with Gasteiger partial charge in [-0.1, -0.05) is 54.4 Å². The predicted molar refractivity (Wildman–Crippen MR) is 77.1 cm³/mol. The van der Waals surface area contributed by atoms with Crippen LogP contribution in [0.5, 0.6) is 0 Å². The largest absolute Gasteiger partial charge is 0.393 e. The van der Waals surface area contributed by atoms with E-state index in [1.54, 1.807) is 0 Å². The lowest BCUT2D eigenvalue weighted by Gasteiger charge is -2.35. The average molecular weight is 242 g/mol. The molecule has 0 aromatic heterocycles. The summed E-state index contributed by atoms with van der Waals surface area (Å²) in [6.45, 7) is 13.1. The molecule has 0 amide bonds. The molecule has 104 valence electrons. The molecule has 0 radical (unpaired) electrons. The first kappa shape index (κ1) is 17.0. The summed E-state index contributed by atoms with van der Waals surface area (Å²) in [6, 6.07) is 0. The lowest BCUT2D eigenvalue weighted by atomic mass is 9.73. The lowest BCUT2D eigenvalue weighted by Crippen LogP contribution is -2.32. The van der Waals surface area contributed by atoms with Crippen LogP contribution in [0.15, 0.2) is 0 Å². The molecular weight excluding hydrogens is 208 g/mol. The van der Waals surface area contributed by atoms with Gasteiger partial charge < -0.3 is 5.11 Å². The quantitative estimate of drug-likeness (QED) is 0.745. The molecule has 1 aliphatic rings. The Kier molecular flexibility index (Phi) is 8.94. The molecule has 1 rings (SSSR count). The molecule has 1 N–H and O–H groups in total. The molecule has 0 aromatic carbocycles. The fourth-order valence-electron chi connectivity index (χ4n) is 2.86. The molecule has 17 heavy (non-hydrogen) atoms. The molecule has 0 spiro atoms. The molecule has 0 bridgehead atoms. The first-order valence-electron chi connectivity index (χ1n) is 7.68. The van der Waals surface area contributed by atoms with Crippen molar-refractivity contribution >= 4 is 0 Å². The van der Waals surface area contributed by atoms with Gasteiger partial charge in [-0.2, -0.15) is 0 Å². The normalized spacial score (nSPS) is 29.1. The van der Waals surface area contributed by atoms with Gasteiger partial charge >= 0.3 is 0 Å². The van der Waals surface area contributed by atoms with E-state index in [0.29, 0.717) is 11.8 Å². The molecule has 3 unspecified atom stereocenters. The smallest absolute Gasteiger partial charge is 0.0573 e. The SMILES string of the molecule is CC.CC(C)CCC1CCC(C(C)C)C(O)C1. The molecular formula is C16H34O. The third-order valence-electron chi connectivity index (χ3n) is 3.99. The molecule has 0 aromatic rings. The van der Waals surface area contributed by atoms with E-state index in [9.17, 15) is 5.11 Å². The number of aliphatic hydroxyl groups excluding tert-OH is 1. The summed E-state index contributed by atoms with van der Waals surface area (Å²) < 4.78 is 0. The van der Waals surface area contributed by atoms with Crippen LogP contribution in [0.25, 0.3) is 0 Å². The first-order valence-corrected chi connectivity index (χ1v) is 7.68. The fourth-order valence-corrected chi connectivity index (χ4v) is 2.86. The van der Waals surface area contributed by atoms with Crippen LogP contribution in [-0.2, 0) is 0 Å². The Hall–Kier alpha value is -0.0400. The van der Waals surface area contributed by atoms with E-state index < -0.39 is 0 Å². The van der Waals surface area contributed by atoms with Gasteiger partial charge in [-0.15, -0.1) is 0 Å². The van der Waals surface area contributed by atoms with Crippen molar-refractivity contribution in [2.45, 2.75) is 79.8 Å². The van der Waals surface area contributed by atoms with E-state index >= 15 is 0 Å². The Bertz CT molecular complexity index is 174. The average Bonchev–Trinajstić information content (AvgIpc) is 2.28. The van der Waals surface area contributed by atoms with Crippen molar-refractivity contribution in [2.75, 3.05) is 0 Å². The zero-order valence-electron chi connectivity index (χ0n) is 12.9. The number of hydrogen-bond acceptors (Lipinski definition) is 1. The van der Waals surface area contributed by atoms with Crippen LogP contribution in [0.4, 0.5) is 0 Å². The maximum atomic E-state index is 10.1. The van der Waals surface area contributed by atoms with Crippen LogP contribution in [0.3, 0.4) is 0 Å². The van der Waals surface area contributed by atoms with Gasteiger partial charge in [0, 0.05) is 0 Å². The first-order chi connectivity index (χ1) is 8.00. The van der Waals surface area contributed by atoms with Crippen LogP contribution in [0, 0.1) is 23.7 Å². The lowest BCUT2D eigenvalue weighted by molar-refractivity contribution is 0.0200. The fraction of sp³-hybridized carbons (Fsp3) is 1.00. The molecule has 0 heterocycles. The highest BCUT2D eigenvalue weighted by Gasteiger charge is 2.30. The number of rotatable bonds is 4. The van der Waals surface area contributed by atoms with Gasteiger partial charge in [0.25, 0.3) is 0 Å². The van der Waals surface area contributed by atoms with Crippen molar-refractivity contribution in [3.63, 3.8) is 0 Å². The summed E-state index contributed by atoms with van der Waals surface area (Å²) in [7, 11) is 0. The van der Waals surface area contributed by atoms with Gasteiger partial charge in [-0.3, -0.25) is 0 Å². The van der Waals surface area contributed by atoms with Crippen molar-refractivity contribution in [3.05, 3.63) is 0 Å². The minimum absolute atomic E-state index is 0.0316. The molecule has 1 fully saturated rings. The zero-order valence-corrected chi connectivity index (χ0v) is 12.9. The number of hydrogen-bond donors (Lipinski definition) is 1. The summed E-state index contributed by atoms with van der Waals surface area (Å²) in [5.41, 5.74) is 0. The van der Waals surface area contributed by atoms with Crippen molar-refractivity contribution < 1.29 is 5.11 Å². The van der Waals surface area contributed by atoms with Crippen molar-refractivity contribution in [3.8, 4) is 0 Å². The third-order valence-corrected chi connectivity index (χ3v) is 3.99. The van der Waals surface area contributed by atoms with E-state index in [2.05, 4.69) is 27.7 Å². The van der Waals surface area contributed by atoms with Crippen LogP contribution < -0.4 is 0 Å². The minimum Gasteiger partial charge on any atom is -0.393 e. The van der Waals surface area contributed by atoms with Crippen LogP contribution in [-0.4, -0.2) is 11.2 Å². The Morgan fingerprint density at radius 2 is 1.65 bits per heavy atom. The second-order valence-electron chi connectivity index (χ2n) is 6.13. The maximum absolute atomic E-state index is 10.1. The van der Waals surface area contributed by atoms with E-state index in [-0.39, 0.29) is 6.10 Å². The van der Waals surface area contributed by atoms with Gasteiger partial charge in [-0.05, 0) is 42.9 Å². The highest BCUT2D eigenvalue weighted by molar-refractivity contribution is 4.81. The van der Waals surface area contributed by atoms with Gasteiger partial charge in [0.2, 0.25) is 0 Å². The van der Waals surface area contributed by atoms with E-state index in [0.717, 1.165) is 18.3 Å². The van der Waals surface area contributed by atoms with Crippen LogP contribution in [0.2, 0.25) is 0 Å². The second-order valence-corrected chi connectivity index (χ2v) is 6.13. The van der Waals surface area contributed by atoms with Gasteiger partial charge in [0.05, 0.1) is 6.10 Å². The van der Waals surface area contributed by atoms with Crippen molar-refractivity contribution in [1.82, 2.24) is 0 Å². The summed E-state index contributed by atoms with van der Waals surface area (Å²) in [5, 5.41) is 10.1. The van der Waals surface area contributed by atoms with E-state index in [4.69, 9.17) is 0 Å². The molecule has 1 aliphatic carbocycles. The second kappa shape index (κ2) is 8.97. The summed E-state index contributed by atoms with van der Waals surface area (Å²) in [4.78, 5) is 0. The molecule has 1 heteroatoms.